The minimum absolute atomic E-state index is 0.0738. The second-order valence-corrected chi connectivity index (χ2v) is 7.51. The number of nitrogens with one attached hydrogen (secondary N) is 3. The van der Waals surface area contributed by atoms with Crippen LogP contribution in [0.15, 0.2) is 59.8 Å². The zero-order valence-corrected chi connectivity index (χ0v) is 14.4. The maximum atomic E-state index is 12.5. The molecule has 1 aliphatic rings. The molecule has 1 aromatic heterocycles. The van der Waals surface area contributed by atoms with E-state index in [0.29, 0.717) is 17.8 Å². The van der Waals surface area contributed by atoms with Gasteiger partial charge in [0.1, 0.15) is 0 Å². The minimum atomic E-state index is -3.32. The van der Waals surface area contributed by atoms with Gasteiger partial charge in [0.2, 0.25) is 10.0 Å². The number of hydrogen-bond acceptors (Lipinski definition) is 4. The van der Waals surface area contributed by atoms with Crippen LogP contribution in [0.2, 0.25) is 0 Å². The molecule has 0 aliphatic heterocycles. The van der Waals surface area contributed by atoms with Gasteiger partial charge in [0, 0.05) is 11.1 Å². The topological polar surface area (TPSA) is 104 Å². The summed E-state index contributed by atoms with van der Waals surface area (Å²) in [7, 11) is -1.93. The number of carbonyl (C=O) groups is 1. The molecule has 0 fully saturated rings. The van der Waals surface area contributed by atoms with Crippen molar-refractivity contribution >= 4 is 26.8 Å². The van der Waals surface area contributed by atoms with Crippen molar-refractivity contribution in [2.75, 3.05) is 12.8 Å². The molecule has 3 rings (SSSR count). The molecule has 0 bridgehead atoms. The number of amides is 1. The number of allylic oxidation sites excluding steroid dienone is 4. The van der Waals surface area contributed by atoms with Crippen molar-refractivity contribution in [1.82, 2.24) is 20.2 Å². The van der Waals surface area contributed by atoms with Gasteiger partial charge in [-0.15, -0.1) is 0 Å². The molecule has 0 radical (unpaired) electrons. The van der Waals surface area contributed by atoms with Gasteiger partial charge in [-0.3, -0.25) is 9.89 Å². The summed E-state index contributed by atoms with van der Waals surface area (Å²) in [5.74, 6) is -0.400. The summed E-state index contributed by atoms with van der Waals surface area (Å²) in [6.07, 6.45) is 7.48. The SMILES string of the molecule is CNS(=O)(=O)CC1=CC=C(NC(=O)c2n[nH]c3ccccc23)C=CC1. The molecule has 3 N–H and O–H groups in total. The molecule has 1 aliphatic carbocycles. The zero-order chi connectivity index (χ0) is 17.9. The van der Waals surface area contributed by atoms with Gasteiger partial charge in [-0.05, 0) is 31.7 Å². The predicted molar refractivity (Wildman–Crippen MR) is 96.3 cm³/mol. The number of hydrogen-bond donors (Lipinski definition) is 3. The van der Waals surface area contributed by atoms with Gasteiger partial charge >= 0.3 is 0 Å². The maximum absolute atomic E-state index is 12.5. The highest BCUT2D eigenvalue weighted by Gasteiger charge is 2.15. The standard InChI is InChI=1S/C17H18N4O3S/c1-18-25(23,24)11-12-5-4-6-13(10-9-12)19-17(22)16-14-7-2-3-8-15(14)20-21-16/h2-4,6-10,18H,5,11H2,1H3,(H,19,22)(H,20,21). The average Bonchev–Trinajstić information content (AvgIpc) is 2.91. The van der Waals surface area contributed by atoms with Gasteiger partial charge in [-0.1, -0.05) is 35.9 Å². The first-order chi connectivity index (χ1) is 12.0. The van der Waals surface area contributed by atoms with E-state index in [1.807, 2.05) is 30.3 Å². The average molecular weight is 358 g/mol. The van der Waals surface area contributed by atoms with Gasteiger partial charge in [0.05, 0.1) is 11.3 Å². The van der Waals surface area contributed by atoms with Crippen LogP contribution in [-0.4, -0.2) is 37.3 Å². The first-order valence-electron chi connectivity index (χ1n) is 7.70. The van der Waals surface area contributed by atoms with E-state index >= 15 is 0 Å². The van der Waals surface area contributed by atoms with Crippen LogP contribution in [0.25, 0.3) is 10.9 Å². The summed E-state index contributed by atoms with van der Waals surface area (Å²) in [6.45, 7) is 0. The third-order valence-electron chi connectivity index (χ3n) is 3.81. The number of carbonyl (C=O) groups excluding carboxylic acids is 1. The first kappa shape index (κ1) is 17.1. The zero-order valence-electron chi connectivity index (χ0n) is 13.6. The number of aromatic amines is 1. The number of para-hydroxylation sites is 1. The van der Waals surface area contributed by atoms with Crippen molar-refractivity contribution in [3.05, 3.63) is 65.5 Å². The lowest BCUT2D eigenvalue weighted by atomic mass is 10.2. The van der Waals surface area contributed by atoms with E-state index in [4.69, 9.17) is 0 Å². The van der Waals surface area contributed by atoms with Crippen molar-refractivity contribution in [3.63, 3.8) is 0 Å². The molecule has 2 aromatic rings. The molecule has 130 valence electrons. The maximum Gasteiger partial charge on any atom is 0.276 e. The lowest BCUT2D eigenvalue weighted by Gasteiger charge is -2.03. The van der Waals surface area contributed by atoms with Crippen molar-refractivity contribution in [1.29, 1.82) is 0 Å². The molecule has 7 nitrogen and oxygen atoms in total. The van der Waals surface area contributed by atoms with E-state index in [1.165, 1.54) is 7.05 Å². The minimum Gasteiger partial charge on any atom is -0.321 e. The van der Waals surface area contributed by atoms with Gasteiger partial charge in [0.25, 0.3) is 5.91 Å². The van der Waals surface area contributed by atoms with Crippen molar-refractivity contribution < 1.29 is 13.2 Å². The van der Waals surface area contributed by atoms with Gasteiger partial charge < -0.3 is 5.32 Å². The molecule has 25 heavy (non-hydrogen) atoms. The lowest BCUT2D eigenvalue weighted by Crippen LogP contribution is -2.23. The van der Waals surface area contributed by atoms with Crippen LogP contribution in [0.1, 0.15) is 16.9 Å². The summed E-state index contributed by atoms with van der Waals surface area (Å²) < 4.78 is 25.6. The molecule has 1 heterocycles. The van der Waals surface area contributed by atoms with Crippen LogP contribution in [0.5, 0.6) is 0 Å². The Morgan fingerprint density at radius 3 is 2.88 bits per heavy atom. The van der Waals surface area contributed by atoms with Crippen molar-refractivity contribution in [2.45, 2.75) is 6.42 Å². The van der Waals surface area contributed by atoms with E-state index in [2.05, 4.69) is 20.2 Å². The Kier molecular flexibility index (Phi) is 4.82. The number of fused-ring (bicyclic) bond motifs is 1. The number of benzene rings is 1. The molecular weight excluding hydrogens is 340 g/mol. The molecule has 0 saturated heterocycles. The molecule has 0 unspecified atom stereocenters. The highest BCUT2D eigenvalue weighted by Crippen LogP contribution is 2.16. The molecule has 0 saturated carbocycles. The van der Waals surface area contributed by atoms with E-state index < -0.39 is 10.0 Å². The van der Waals surface area contributed by atoms with Crippen LogP contribution in [0.4, 0.5) is 0 Å². The van der Waals surface area contributed by atoms with Crippen molar-refractivity contribution in [2.24, 2.45) is 0 Å². The van der Waals surface area contributed by atoms with Crippen molar-refractivity contribution in [3.8, 4) is 0 Å². The Bertz CT molecular complexity index is 1000. The summed E-state index contributed by atoms with van der Waals surface area (Å²) >= 11 is 0. The molecule has 1 aromatic carbocycles. The van der Waals surface area contributed by atoms with Gasteiger partial charge in [0.15, 0.2) is 5.69 Å². The Morgan fingerprint density at radius 2 is 2.08 bits per heavy atom. The number of H-pyrrole nitrogens is 1. The smallest absolute Gasteiger partial charge is 0.276 e. The highest BCUT2D eigenvalue weighted by atomic mass is 32.2. The predicted octanol–water partition coefficient (Wildman–Crippen LogP) is 1.61. The number of nitrogens with zero attached hydrogens (tertiary/aromatic N) is 1. The van der Waals surface area contributed by atoms with Gasteiger partial charge in [-0.25, -0.2) is 13.1 Å². The fourth-order valence-electron chi connectivity index (χ4n) is 2.50. The Morgan fingerprint density at radius 1 is 1.28 bits per heavy atom. The third kappa shape index (κ3) is 4.04. The molecule has 1 amide bonds. The summed E-state index contributed by atoms with van der Waals surface area (Å²) in [4.78, 5) is 12.5. The Balaban J connectivity index is 1.77. The Hall–Kier alpha value is -2.71. The molecule has 0 spiro atoms. The van der Waals surface area contributed by atoms with Crippen LogP contribution in [0, 0.1) is 0 Å². The molecule has 8 heteroatoms. The normalized spacial score (nSPS) is 14.8. The number of sulfonamides is 1. The quantitative estimate of drug-likeness (QED) is 0.755. The lowest BCUT2D eigenvalue weighted by molar-refractivity contribution is 0.0964. The van der Waals surface area contributed by atoms with E-state index in [0.717, 1.165) is 16.5 Å². The number of aromatic nitrogens is 2. The highest BCUT2D eigenvalue weighted by molar-refractivity contribution is 7.89. The van der Waals surface area contributed by atoms with E-state index in [9.17, 15) is 13.2 Å². The summed E-state index contributed by atoms with van der Waals surface area (Å²) in [6, 6.07) is 7.38. The fraction of sp³-hybridized carbons (Fsp3) is 0.176. The Labute approximate surface area is 145 Å². The second kappa shape index (κ2) is 7.04. The van der Waals surface area contributed by atoms with E-state index in [-0.39, 0.29) is 11.7 Å². The largest absolute Gasteiger partial charge is 0.321 e. The third-order valence-corrected chi connectivity index (χ3v) is 5.18. The summed E-state index contributed by atoms with van der Waals surface area (Å²) in [5, 5.41) is 10.4. The van der Waals surface area contributed by atoms with Crippen LogP contribution in [0.3, 0.4) is 0 Å². The van der Waals surface area contributed by atoms with Crippen LogP contribution < -0.4 is 10.0 Å². The van der Waals surface area contributed by atoms with E-state index in [1.54, 1.807) is 18.2 Å². The second-order valence-electron chi connectivity index (χ2n) is 5.59. The first-order valence-corrected chi connectivity index (χ1v) is 9.36. The molecular formula is C17H18N4O3S. The summed E-state index contributed by atoms with van der Waals surface area (Å²) in [5.41, 5.74) is 2.42. The fourth-order valence-corrected chi connectivity index (χ4v) is 3.35. The molecule has 0 atom stereocenters. The number of rotatable bonds is 5. The van der Waals surface area contributed by atoms with Gasteiger partial charge in [-0.2, -0.15) is 5.10 Å². The van der Waals surface area contributed by atoms with Crippen LogP contribution >= 0.6 is 0 Å². The monoisotopic (exact) mass is 358 g/mol. The van der Waals surface area contributed by atoms with Crippen LogP contribution in [-0.2, 0) is 10.0 Å².